The number of nitrogens with zero attached hydrogens (tertiary/aromatic N) is 1. The van der Waals surface area contributed by atoms with E-state index in [0.717, 1.165) is 0 Å². The van der Waals surface area contributed by atoms with E-state index in [1.165, 1.54) is 29.3 Å². The lowest BCUT2D eigenvalue weighted by Gasteiger charge is -2.12. The van der Waals surface area contributed by atoms with Crippen molar-refractivity contribution in [2.24, 2.45) is 5.73 Å². The van der Waals surface area contributed by atoms with Gasteiger partial charge in [0.2, 0.25) is 0 Å². The highest BCUT2D eigenvalue weighted by atomic mass is 32.2. The van der Waals surface area contributed by atoms with Gasteiger partial charge >= 0.3 is 6.18 Å². The van der Waals surface area contributed by atoms with Crippen LogP contribution >= 0.6 is 23.1 Å². The number of hydrogen-bond acceptors (Lipinski definition) is 5. The zero-order valence-corrected chi connectivity index (χ0v) is 12.7. The minimum atomic E-state index is -4.26. The number of alkyl halides is 3. The van der Waals surface area contributed by atoms with E-state index in [-0.39, 0.29) is 6.42 Å². The molecule has 9 heteroatoms. The highest BCUT2D eigenvalue weighted by Crippen LogP contribution is 2.43. The van der Waals surface area contributed by atoms with E-state index in [0.29, 0.717) is 25.9 Å². The van der Waals surface area contributed by atoms with E-state index in [2.05, 4.69) is 10.2 Å². The zero-order valence-electron chi connectivity index (χ0n) is 11.1. The molecule has 0 bridgehead atoms. The molecular weight excluding hydrogens is 323 g/mol. The van der Waals surface area contributed by atoms with Crippen LogP contribution in [0.25, 0.3) is 10.6 Å². The summed E-state index contributed by atoms with van der Waals surface area (Å²) in [7, 11) is 0. The van der Waals surface area contributed by atoms with Crippen molar-refractivity contribution in [1.29, 1.82) is 0 Å². The molecule has 116 valence electrons. The summed E-state index contributed by atoms with van der Waals surface area (Å²) in [4.78, 5) is 0.639. The van der Waals surface area contributed by atoms with Gasteiger partial charge in [-0.3, -0.25) is 5.10 Å². The molecule has 1 unspecified atom stereocenters. The quantitative estimate of drug-likeness (QED) is 0.578. The van der Waals surface area contributed by atoms with Gasteiger partial charge in [-0.25, -0.2) is 0 Å². The van der Waals surface area contributed by atoms with Gasteiger partial charge in [0.15, 0.2) is 0 Å². The number of halogens is 3. The van der Waals surface area contributed by atoms with Crippen LogP contribution in [0.1, 0.15) is 23.8 Å². The second kappa shape index (κ2) is 6.39. The van der Waals surface area contributed by atoms with E-state index in [1.54, 1.807) is 12.3 Å². The smallest absolute Gasteiger partial charge is 0.374 e. The van der Waals surface area contributed by atoms with Crippen molar-refractivity contribution < 1.29 is 18.3 Å². The molecule has 2 aromatic rings. The third-order valence-corrected chi connectivity index (χ3v) is 5.32. The third kappa shape index (κ3) is 3.79. The molecule has 0 aromatic carbocycles. The fraction of sp³-hybridized carbons (Fsp3) is 0.417. The van der Waals surface area contributed by atoms with E-state index in [9.17, 15) is 18.3 Å². The SMILES string of the molecule is CSc1sc(-c2ccn[nH]2)c(CCC(F)(F)F)c1C(N)O. The number of hydrogen-bond donors (Lipinski definition) is 3. The first-order valence-corrected chi connectivity index (χ1v) is 8.07. The average Bonchev–Trinajstić information content (AvgIpc) is 3.01. The van der Waals surface area contributed by atoms with Crippen LogP contribution < -0.4 is 5.73 Å². The molecule has 0 aliphatic heterocycles. The first-order valence-electron chi connectivity index (χ1n) is 6.03. The molecule has 0 spiro atoms. The maximum Gasteiger partial charge on any atom is 0.389 e. The minimum absolute atomic E-state index is 0.224. The molecule has 0 saturated carbocycles. The normalized spacial score (nSPS) is 13.6. The van der Waals surface area contributed by atoms with Crippen LogP contribution in [0.3, 0.4) is 0 Å². The van der Waals surface area contributed by atoms with Gasteiger partial charge in [-0.2, -0.15) is 18.3 Å². The van der Waals surface area contributed by atoms with Gasteiger partial charge in [0.25, 0.3) is 0 Å². The van der Waals surface area contributed by atoms with Crippen LogP contribution in [-0.2, 0) is 6.42 Å². The van der Waals surface area contributed by atoms with Crippen molar-refractivity contribution in [3.63, 3.8) is 0 Å². The highest BCUT2D eigenvalue weighted by molar-refractivity contribution is 8.00. The van der Waals surface area contributed by atoms with Crippen LogP contribution in [-0.4, -0.2) is 27.7 Å². The number of aromatic nitrogens is 2. The van der Waals surface area contributed by atoms with Crippen molar-refractivity contribution in [1.82, 2.24) is 10.2 Å². The Hall–Kier alpha value is -1.03. The number of H-pyrrole nitrogens is 1. The molecule has 1 atom stereocenters. The Balaban J connectivity index is 2.49. The number of nitrogens with one attached hydrogen (secondary N) is 1. The minimum Gasteiger partial charge on any atom is -0.374 e. The van der Waals surface area contributed by atoms with E-state index in [4.69, 9.17) is 5.73 Å². The van der Waals surface area contributed by atoms with Gasteiger partial charge in [-0.05, 0) is 24.3 Å². The first-order chi connectivity index (χ1) is 9.83. The molecule has 0 aliphatic carbocycles. The topological polar surface area (TPSA) is 74.9 Å². The van der Waals surface area contributed by atoms with Crippen LogP contribution in [0.4, 0.5) is 13.2 Å². The highest BCUT2D eigenvalue weighted by Gasteiger charge is 2.30. The molecule has 21 heavy (non-hydrogen) atoms. The average molecular weight is 337 g/mol. The Kier molecular flexibility index (Phi) is 4.97. The summed E-state index contributed by atoms with van der Waals surface area (Å²) in [6, 6.07) is 1.68. The van der Waals surface area contributed by atoms with E-state index < -0.39 is 18.8 Å². The molecule has 4 N–H and O–H groups in total. The second-order valence-corrected chi connectivity index (χ2v) is 6.44. The number of thiophene rings is 1. The maximum atomic E-state index is 12.5. The van der Waals surface area contributed by atoms with Gasteiger partial charge in [0, 0.05) is 18.2 Å². The summed E-state index contributed by atoms with van der Waals surface area (Å²) in [5, 5.41) is 16.3. The fourth-order valence-corrected chi connectivity index (χ4v) is 4.17. The molecular formula is C12H14F3N3OS2. The predicted molar refractivity (Wildman–Crippen MR) is 77.2 cm³/mol. The Morgan fingerprint density at radius 1 is 1.52 bits per heavy atom. The molecule has 0 fully saturated rings. The van der Waals surface area contributed by atoms with Crippen molar-refractivity contribution >= 4 is 23.1 Å². The number of thioether (sulfide) groups is 1. The summed E-state index contributed by atoms with van der Waals surface area (Å²) in [6.45, 7) is 0. The van der Waals surface area contributed by atoms with Crippen LogP contribution in [0.15, 0.2) is 16.5 Å². The Labute approximate surface area is 127 Å². The van der Waals surface area contributed by atoms with Crippen molar-refractivity contribution in [3.05, 3.63) is 23.4 Å². The Morgan fingerprint density at radius 2 is 2.24 bits per heavy atom. The lowest BCUT2D eigenvalue weighted by Crippen LogP contribution is -2.14. The third-order valence-electron chi connectivity index (χ3n) is 2.90. The first kappa shape index (κ1) is 16.3. The Bertz CT molecular complexity index is 594. The molecule has 2 heterocycles. The molecule has 2 aromatic heterocycles. The number of aliphatic hydroxyl groups excluding tert-OH is 1. The molecule has 2 rings (SSSR count). The van der Waals surface area contributed by atoms with Crippen LogP contribution in [0, 0.1) is 0 Å². The standard InChI is InChI=1S/C12H14F3N3OS2/c1-20-11-8(10(16)19)6(2-4-12(13,14)15)9(21-11)7-3-5-17-18-7/h3,5,10,19H,2,4,16H2,1H3,(H,17,18). The summed E-state index contributed by atoms with van der Waals surface area (Å²) in [5.41, 5.74) is 6.97. The summed E-state index contributed by atoms with van der Waals surface area (Å²) in [6.07, 6.45) is -3.42. The Morgan fingerprint density at radius 3 is 2.71 bits per heavy atom. The van der Waals surface area contributed by atoms with Gasteiger partial charge in [0.05, 0.1) is 14.8 Å². The monoisotopic (exact) mass is 337 g/mol. The van der Waals surface area contributed by atoms with Crippen molar-refractivity contribution in [2.75, 3.05) is 6.26 Å². The lowest BCUT2D eigenvalue weighted by molar-refractivity contribution is -0.134. The predicted octanol–water partition coefficient (Wildman–Crippen LogP) is 3.30. The van der Waals surface area contributed by atoms with Crippen LogP contribution in [0.5, 0.6) is 0 Å². The molecule has 0 radical (unpaired) electrons. The summed E-state index contributed by atoms with van der Waals surface area (Å²) >= 11 is 2.66. The van der Waals surface area contributed by atoms with Gasteiger partial charge < -0.3 is 10.8 Å². The molecule has 0 aliphatic rings. The number of rotatable bonds is 5. The molecule has 0 amide bonds. The summed E-state index contributed by atoms with van der Waals surface area (Å²) < 4.78 is 38.3. The zero-order chi connectivity index (χ0) is 15.6. The number of aliphatic hydroxyl groups is 1. The second-order valence-electron chi connectivity index (χ2n) is 4.35. The molecule has 0 saturated heterocycles. The molecule has 4 nitrogen and oxygen atoms in total. The van der Waals surface area contributed by atoms with Crippen LogP contribution in [0.2, 0.25) is 0 Å². The number of nitrogens with two attached hydrogens (primary N) is 1. The largest absolute Gasteiger partial charge is 0.389 e. The van der Waals surface area contributed by atoms with Gasteiger partial charge in [0.1, 0.15) is 6.23 Å². The van der Waals surface area contributed by atoms with E-state index in [1.807, 2.05) is 0 Å². The van der Waals surface area contributed by atoms with Crippen molar-refractivity contribution in [3.8, 4) is 10.6 Å². The van der Waals surface area contributed by atoms with Gasteiger partial charge in [-0.1, -0.05) is 0 Å². The van der Waals surface area contributed by atoms with Crippen molar-refractivity contribution in [2.45, 2.75) is 29.5 Å². The summed E-state index contributed by atoms with van der Waals surface area (Å²) in [5.74, 6) is 0. The number of aromatic amines is 1. The van der Waals surface area contributed by atoms with Gasteiger partial charge in [-0.15, -0.1) is 23.1 Å². The lowest BCUT2D eigenvalue weighted by atomic mass is 10.0. The maximum absolute atomic E-state index is 12.5. The van der Waals surface area contributed by atoms with E-state index >= 15 is 0 Å². The fourth-order valence-electron chi connectivity index (χ4n) is 2.02.